The summed E-state index contributed by atoms with van der Waals surface area (Å²) in [7, 11) is 0. The van der Waals surface area contributed by atoms with E-state index in [1.807, 2.05) is 109 Å². The van der Waals surface area contributed by atoms with Crippen LogP contribution in [0.3, 0.4) is 0 Å². The largest absolute Gasteiger partial charge is 0.274 e. The number of nitrogens with zero attached hydrogens (tertiary/aromatic N) is 2. The van der Waals surface area contributed by atoms with E-state index in [9.17, 15) is 14.4 Å². The Labute approximate surface area is 255 Å². The van der Waals surface area contributed by atoms with E-state index >= 15 is 0 Å². The summed E-state index contributed by atoms with van der Waals surface area (Å²) in [6.07, 6.45) is 2.59. The van der Waals surface area contributed by atoms with E-state index in [0.717, 1.165) is 38.6 Å². The first-order valence-electron chi connectivity index (χ1n) is 15.0. The number of hydrogen-bond donors (Lipinski definition) is 1. The van der Waals surface area contributed by atoms with Crippen molar-refractivity contribution < 1.29 is 14.4 Å². The van der Waals surface area contributed by atoms with Crippen LogP contribution in [0, 0.1) is 11.8 Å². The van der Waals surface area contributed by atoms with E-state index in [2.05, 4.69) is 22.7 Å². The summed E-state index contributed by atoms with van der Waals surface area (Å²) in [6, 6.07) is 39.5. The third-order valence-corrected chi connectivity index (χ3v) is 9.63. The molecule has 5 aromatic carbocycles. The molecule has 1 N–H and O–H groups in total. The lowest BCUT2D eigenvalue weighted by Gasteiger charge is -2.52. The van der Waals surface area contributed by atoms with Crippen LogP contribution in [0.15, 0.2) is 126 Å². The molecule has 0 spiro atoms. The molecular weight excluding hydrogens is 546 g/mol. The molecule has 2 atom stereocenters. The van der Waals surface area contributed by atoms with Gasteiger partial charge in [-0.25, -0.2) is 10.3 Å². The Morgan fingerprint density at radius 1 is 0.750 bits per heavy atom. The molecular formula is C38H29N3O3. The van der Waals surface area contributed by atoms with Gasteiger partial charge in [0.25, 0.3) is 0 Å². The summed E-state index contributed by atoms with van der Waals surface area (Å²) in [6.45, 7) is 0. The zero-order valence-electron chi connectivity index (χ0n) is 23.9. The molecule has 6 heteroatoms. The SMILES string of the molecule is O=C(CCc1ccccc1)N/N=C/C12c3ccccc3C(c3ccccc31)C1C(=O)N(c3cccc4ccccc34)C(=O)C12. The molecule has 214 valence electrons. The fraction of sp³-hybridized carbons (Fsp3) is 0.158. The fourth-order valence-corrected chi connectivity index (χ4v) is 7.86. The standard InChI is InChI=1S/C38H29N3O3/c42-32(22-21-24-11-2-1-3-12-24)40-39-23-38-29-18-8-6-16-27(29)33(28-17-7-9-19-30(28)38)34-35(38)37(44)41(36(34)43)31-20-10-14-25-13-4-5-15-26(25)31/h1-20,23,33-35H,21-22H2,(H,40,42)/b39-23+. The molecule has 0 aromatic heterocycles. The highest BCUT2D eigenvalue weighted by atomic mass is 16.2. The molecule has 0 saturated carbocycles. The molecule has 3 aliphatic carbocycles. The number of amides is 3. The van der Waals surface area contributed by atoms with Crippen molar-refractivity contribution in [3.05, 3.63) is 149 Å². The first kappa shape index (κ1) is 26.3. The van der Waals surface area contributed by atoms with Crippen molar-refractivity contribution in [2.75, 3.05) is 4.90 Å². The van der Waals surface area contributed by atoms with Crippen LogP contribution < -0.4 is 10.3 Å². The number of imide groups is 1. The summed E-state index contributed by atoms with van der Waals surface area (Å²) < 4.78 is 0. The first-order chi connectivity index (χ1) is 21.6. The number of fused-ring (bicyclic) bond motifs is 1. The highest BCUT2D eigenvalue weighted by molar-refractivity contribution is 6.27. The van der Waals surface area contributed by atoms with Gasteiger partial charge in [0, 0.05) is 23.9 Å². The number of aryl methyl sites for hydroxylation is 1. The quantitative estimate of drug-likeness (QED) is 0.150. The van der Waals surface area contributed by atoms with Crippen LogP contribution in [0.4, 0.5) is 5.69 Å². The number of carbonyl (C=O) groups is 3. The number of hydrogen-bond acceptors (Lipinski definition) is 4. The first-order valence-corrected chi connectivity index (χ1v) is 15.0. The van der Waals surface area contributed by atoms with E-state index in [-0.39, 0.29) is 30.1 Å². The van der Waals surface area contributed by atoms with Crippen molar-refractivity contribution in [1.82, 2.24) is 5.43 Å². The van der Waals surface area contributed by atoms with Gasteiger partial charge in [-0.15, -0.1) is 0 Å². The van der Waals surface area contributed by atoms with Gasteiger partial charge in [-0.1, -0.05) is 115 Å². The van der Waals surface area contributed by atoms with E-state index in [4.69, 9.17) is 0 Å². The van der Waals surface area contributed by atoms with Gasteiger partial charge in [-0.05, 0) is 45.7 Å². The van der Waals surface area contributed by atoms with Gasteiger partial charge in [-0.3, -0.25) is 14.4 Å². The highest BCUT2D eigenvalue weighted by Gasteiger charge is 2.68. The fourth-order valence-electron chi connectivity index (χ4n) is 7.86. The molecule has 3 amide bonds. The Morgan fingerprint density at radius 3 is 2.14 bits per heavy atom. The van der Waals surface area contributed by atoms with Crippen LogP contribution in [0.1, 0.15) is 40.2 Å². The van der Waals surface area contributed by atoms with E-state index < -0.39 is 17.3 Å². The lowest BCUT2D eigenvalue weighted by Crippen LogP contribution is -2.54. The molecule has 6 nitrogen and oxygen atoms in total. The Kier molecular flexibility index (Phi) is 6.05. The maximum atomic E-state index is 14.7. The normalized spacial score (nSPS) is 23.1. The minimum absolute atomic E-state index is 0.199. The number of rotatable bonds is 6. The summed E-state index contributed by atoms with van der Waals surface area (Å²) >= 11 is 0. The van der Waals surface area contributed by atoms with E-state index in [1.165, 1.54) is 4.90 Å². The van der Waals surface area contributed by atoms with Gasteiger partial charge in [-0.2, -0.15) is 5.10 Å². The number of anilines is 1. The average molecular weight is 576 g/mol. The van der Waals surface area contributed by atoms with Gasteiger partial charge in [0.15, 0.2) is 0 Å². The van der Waals surface area contributed by atoms with Crippen LogP contribution in [0.5, 0.6) is 0 Å². The summed E-state index contributed by atoms with van der Waals surface area (Å²) in [5.41, 5.74) is 7.32. The molecule has 9 rings (SSSR count). The van der Waals surface area contributed by atoms with Crippen molar-refractivity contribution >= 4 is 40.4 Å². The lowest BCUT2D eigenvalue weighted by molar-refractivity contribution is -0.123. The Hall–Kier alpha value is -5.36. The average Bonchev–Trinajstić information content (AvgIpc) is 3.34. The third kappa shape index (κ3) is 3.73. The molecule has 1 fully saturated rings. The molecule has 2 bridgehead atoms. The van der Waals surface area contributed by atoms with Crippen molar-refractivity contribution in [3.63, 3.8) is 0 Å². The van der Waals surface area contributed by atoms with E-state index in [0.29, 0.717) is 12.1 Å². The van der Waals surface area contributed by atoms with Crippen LogP contribution in [-0.4, -0.2) is 23.9 Å². The lowest BCUT2D eigenvalue weighted by atomic mass is 9.47. The number of nitrogens with one attached hydrogen (secondary N) is 1. The molecule has 5 aromatic rings. The Morgan fingerprint density at radius 2 is 1.39 bits per heavy atom. The highest BCUT2D eigenvalue weighted by Crippen LogP contribution is 2.63. The molecule has 0 radical (unpaired) electrons. The number of benzene rings is 5. The van der Waals surface area contributed by atoms with Crippen molar-refractivity contribution in [1.29, 1.82) is 0 Å². The van der Waals surface area contributed by atoms with Crippen LogP contribution in [0.25, 0.3) is 10.8 Å². The van der Waals surface area contributed by atoms with Crippen molar-refractivity contribution in [2.24, 2.45) is 16.9 Å². The summed E-state index contributed by atoms with van der Waals surface area (Å²) in [5.74, 6) is -2.24. The van der Waals surface area contributed by atoms with E-state index in [1.54, 1.807) is 6.21 Å². The predicted molar refractivity (Wildman–Crippen MR) is 170 cm³/mol. The zero-order valence-corrected chi connectivity index (χ0v) is 23.9. The maximum absolute atomic E-state index is 14.7. The summed E-state index contributed by atoms with van der Waals surface area (Å²) in [5, 5.41) is 6.35. The second-order valence-electron chi connectivity index (χ2n) is 11.8. The minimum atomic E-state index is -1.04. The molecule has 1 aliphatic heterocycles. The molecule has 1 saturated heterocycles. The van der Waals surface area contributed by atoms with Gasteiger partial charge in [0.2, 0.25) is 17.7 Å². The number of carbonyl (C=O) groups excluding carboxylic acids is 3. The van der Waals surface area contributed by atoms with Gasteiger partial charge >= 0.3 is 0 Å². The van der Waals surface area contributed by atoms with Gasteiger partial charge in [0.05, 0.1) is 22.9 Å². The smallest absolute Gasteiger partial charge is 0.240 e. The Bertz CT molecular complexity index is 1950. The molecule has 44 heavy (non-hydrogen) atoms. The topological polar surface area (TPSA) is 78.8 Å². The second kappa shape index (κ2) is 10.1. The van der Waals surface area contributed by atoms with Crippen LogP contribution in [0.2, 0.25) is 0 Å². The zero-order chi connectivity index (χ0) is 29.8. The minimum Gasteiger partial charge on any atom is -0.274 e. The molecule has 4 aliphatic rings. The Balaban J connectivity index is 1.24. The van der Waals surface area contributed by atoms with Gasteiger partial charge < -0.3 is 0 Å². The van der Waals surface area contributed by atoms with Crippen molar-refractivity contribution in [3.8, 4) is 0 Å². The monoisotopic (exact) mass is 575 g/mol. The van der Waals surface area contributed by atoms with Gasteiger partial charge in [0.1, 0.15) is 0 Å². The maximum Gasteiger partial charge on any atom is 0.240 e. The van der Waals surface area contributed by atoms with Crippen LogP contribution >= 0.6 is 0 Å². The van der Waals surface area contributed by atoms with Crippen molar-refractivity contribution in [2.45, 2.75) is 24.2 Å². The second-order valence-corrected chi connectivity index (χ2v) is 11.8. The number of hydrazone groups is 1. The molecule has 2 unspecified atom stereocenters. The predicted octanol–water partition coefficient (Wildman–Crippen LogP) is 6.13. The summed E-state index contributed by atoms with van der Waals surface area (Å²) in [4.78, 5) is 43.6. The molecule has 1 heterocycles. The third-order valence-electron chi connectivity index (χ3n) is 9.63. The van der Waals surface area contributed by atoms with Crippen LogP contribution in [-0.2, 0) is 26.2 Å².